The standard InChI is InChI=1S/C9H18N2O2S/c1-7-4-5-11(6-9(7)10)14(12,13)8-2-3-8/h7-9H,2-6,10H2,1H3. The van der Waals surface area contributed by atoms with Crippen LogP contribution in [0, 0.1) is 5.92 Å². The number of piperidine rings is 1. The predicted molar refractivity (Wildman–Crippen MR) is 55.3 cm³/mol. The molecule has 14 heavy (non-hydrogen) atoms. The molecule has 0 bridgehead atoms. The third-order valence-electron chi connectivity index (χ3n) is 3.28. The summed E-state index contributed by atoms with van der Waals surface area (Å²) in [5.41, 5.74) is 5.88. The second-order valence-electron chi connectivity index (χ2n) is 4.53. The van der Waals surface area contributed by atoms with Gasteiger partial charge in [0.2, 0.25) is 10.0 Å². The van der Waals surface area contributed by atoms with Crippen molar-refractivity contribution in [2.45, 2.75) is 37.5 Å². The van der Waals surface area contributed by atoms with Gasteiger partial charge in [-0.1, -0.05) is 6.92 Å². The van der Waals surface area contributed by atoms with Crippen LogP contribution < -0.4 is 5.73 Å². The van der Waals surface area contributed by atoms with Crippen LogP contribution in [0.2, 0.25) is 0 Å². The fourth-order valence-electron chi connectivity index (χ4n) is 1.88. The SMILES string of the molecule is CC1CCN(S(=O)(=O)C2CC2)CC1N. The van der Waals surface area contributed by atoms with Crippen molar-refractivity contribution in [1.29, 1.82) is 0 Å². The fraction of sp³-hybridized carbons (Fsp3) is 1.00. The van der Waals surface area contributed by atoms with Gasteiger partial charge in [0.15, 0.2) is 0 Å². The summed E-state index contributed by atoms with van der Waals surface area (Å²) in [6.07, 6.45) is 2.57. The Balaban J connectivity index is 2.05. The van der Waals surface area contributed by atoms with Crippen LogP contribution >= 0.6 is 0 Å². The topological polar surface area (TPSA) is 63.4 Å². The van der Waals surface area contributed by atoms with E-state index in [1.165, 1.54) is 0 Å². The van der Waals surface area contributed by atoms with Gasteiger partial charge in [-0.25, -0.2) is 12.7 Å². The average Bonchev–Trinajstić information content (AvgIpc) is 2.92. The van der Waals surface area contributed by atoms with Gasteiger partial charge in [-0.15, -0.1) is 0 Å². The Morgan fingerprint density at radius 3 is 2.43 bits per heavy atom. The van der Waals surface area contributed by atoms with E-state index in [1.807, 2.05) is 0 Å². The minimum Gasteiger partial charge on any atom is -0.326 e. The van der Waals surface area contributed by atoms with E-state index in [9.17, 15) is 8.42 Å². The lowest BCUT2D eigenvalue weighted by Gasteiger charge is -2.34. The van der Waals surface area contributed by atoms with Crippen molar-refractivity contribution in [2.24, 2.45) is 11.7 Å². The number of hydrogen-bond donors (Lipinski definition) is 1. The maximum absolute atomic E-state index is 11.9. The van der Waals surface area contributed by atoms with Crippen LogP contribution in [-0.2, 0) is 10.0 Å². The van der Waals surface area contributed by atoms with Crippen LogP contribution in [0.5, 0.6) is 0 Å². The van der Waals surface area contributed by atoms with Gasteiger partial charge in [0, 0.05) is 19.1 Å². The zero-order valence-electron chi connectivity index (χ0n) is 8.52. The van der Waals surface area contributed by atoms with Gasteiger partial charge >= 0.3 is 0 Å². The summed E-state index contributed by atoms with van der Waals surface area (Å²) in [6.45, 7) is 3.26. The van der Waals surface area contributed by atoms with Crippen molar-refractivity contribution in [1.82, 2.24) is 4.31 Å². The van der Waals surface area contributed by atoms with Crippen LogP contribution in [0.4, 0.5) is 0 Å². The first-order valence-electron chi connectivity index (χ1n) is 5.26. The molecule has 1 aliphatic carbocycles. The van der Waals surface area contributed by atoms with Crippen molar-refractivity contribution in [3.8, 4) is 0 Å². The number of hydrogen-bond acceptors (Lipinski definition) is 3. The Labute approximate surface area is 85.5 Å². The van der Waals surface area contributed by atoms with Crippen molar-refractivity contribution < 1.29 is 8.42 Å². The maximum Gasteiger partial charge on any atom is 0.217 e. The Morgan fingerprint density at radius 1 is 1.29 bits per heavy atom. The van der Waals surface area contributed by atoms with E-state index in [0.29, 0.717) is 19.0 Å². The molecule has 1 saturated carbocycles. The third-order valence-corrected chi connectivity index (χ3v) is 5.65. The van der Waals surface area contributed by atoms with Crippen molar-refractivity contribution in [2.75, 3.05) is 13.1 Å². The van der Waals surface area contributed by atoms with E-state index >= 15 is 0 Å². The Kier molecular flexibility index (Phi) is 2.57. The molecule has 2 unspecified atom stereocenters. The van der Waals surface area contributed by atoms with Crippen LogP contribution in [-0.4, -0.2) is 37.1 Å². The molecule has 1 saturated heterocycles. The first-order valence-corrected chi connectivity index (χ1v) is 6.76. The largest absolute Gasteiger partial charge is 0.326 e. The first kappa shape index (κ1) is 10.4. The minimum absolute atomic E-state index is 0.0114. The molecule has 2 aliphatic rings. The van der Waals surface area contributed by atoms with Crippen molar-refractivity contribution in [3.05, 3.63) is 0 Å². The molecular weight excluding hydrogens is 200 g/mol. The molecule has 5 heteroatoms. The third kappa shape index (κ3) is 1.81. The van der Waals surface area contributed by atoms with E-state index in [4.69, 9.17) is 5.73 Å². The van der Waals surface area contributed by atoms with E-state index < -0.39 is 10.0 Å². The first-order chi connectivity index (χ1) is 6.51. The van der Waals surface area contributed by atoms with Gasteiger partial charge in [-0.2, -0.15) is 0 Å². The van der Waals surface area contributed by atoms with E-state index in [-0.39, 0.29) is 11.3 Å². The van der Waals surface area contributed by atoms with Crippen molar-refractivity contribution in [3.63, 3.8) is 0 Å². The molecule has 0 spiro atoms. The normalized spacial score (nSPS) is 35.9. The highest BCUT2D eigenvalue weighted by Crippen LogP contribution is 2.32. The maximum atomic E-state index is 11.9. The number of nitrogens with zero attached hydrogens (tertiary/aromatic N) is 1. The zero-order valence-corrected chi connectivity index (χ0v) is 9.33. The zero-order chi connectivity index (χ0) is 10.3. The van der Waals surface area contributed by atoms with Gasteiger partial charge in [0.25, 0.3) is 0 Å². The van der Waals surface area contributed by atoms with Crippen LogP contribution in [0.3, 0.4) is 0 Å². The highest BCUT2D eigenvalue weighted by atomic mass is 32.2. The molecule has 82 valence electrons. The number of sulfonamides is 1. The van der Waals surface area contributed by atoms with E-state index in [1.54, 1.807) is 4.31 Å². The van der Waals surface area contributed by atoms with Gasteiger partial charge in [-0.05, 0) is 25.2 Å². The lowest BCUT2D eigenvalue weighted by atomic mass is 9.96. The molecule has 1 heterocycles. The van der Waals surface area contributed by atoms with Crippen LogP contribution in [0.15, 0.2) is 0 Å². The van der Waals surface area contributed by atoms with Gasteiger partial charge in [0.05, 0.1) is 5.25 Å². The molecule has 2 atom stereocenters. The molecule has 0 aromatic heterocycles. The highest BCUT2D eigenvalue weighted by molar-refractivity contribution is 7.90. The molecule has 0 radical (unpaired) electrons. The summed E-state index contributed by atoms with van der Waals surface area (Å²) in [5, 5.41) is -0.0943. The Bertz CT molecular complexity index is 311. The van der Waals surface area contributed by atoms with E-state index in [0.717, 1.165) is 19.3 Å². The molecule has 4 nitrogen and oxygen atoms in total. The molecule has 0 aromatic carbocycles. The lowest BCUT2D eigenvalue weighted by Crippen LogP contribution is -2.50. The van der Waals surface area contributed by atoms with Gasteiger partial charge in [0.1, 0.15) is 0 Å². The predicted octanol–water partition coefficient (Wildman–Crippen LogP) is 0.148. The molecule has 0 aromatic rings. The van der Waals surface area contributed by atoms with Gasteiger partial charge in [-0.3, -0.25) is 0 Å². The molecular formula is C9H18N2O2S. The average molecular weight is 218 g/mol. The van der Waals surface area contributed by atoms with Crippen molar-refractivity contribution >= 4 is 10.0 Å². The second-order valence-corrected chi connectivity index (χ2v) is 6.75. The summed E-state index contributed by atoms with van der Waals surface area (Å²) in [7, 11) is -2.99. The fourth-order valence-corrected chi connectivity index (χ4v) is 3.77. The Hall–Kier alpha value is -0.130. The lowest BCUT2D eigenvalue weighted by molar-refractivity contribution is 0.252. The van der Waals surface area contributed by atoms with Crippen LogP contribution in [0.25, 0.3) is 0 Å². The quantitative estimate of drug-likeness (QED) is 0.717. The highest BCUT2D eigenvalue weighted by Gasteiger charge is 2.42. The Morgan fingerprint density at radius 2 is 1.93 bits per heavy atom. The monoisotopic (exact) mass is 218 g/mol. The molecule has 2 N–H and O–H groups in total. The second kappa shape index (κ2) is 3.47. The summed E-state index contributed by atoms with van der Waals surface area (Å²) in [6, 6.07) is 0.0114. The van der Waals surface area contributed by atoms with E-state index in [2.05, 4.69) is 6.92 Å². The molecule has 1 aliphatic heterocycles. The number of nitrogens with two attached hydrogens (primary N) is 1. The summed E-state index contributed by atoms with van der Waals surface area (Å²) < 4.78 is 25.3. The molecule has 0 amide bonds. The number of rotatable bonds is 2. The minimum atomic E-state index is -2.99. The van der Waals surface area contributed by atoms with Gasteiger partial charge < -0.3 is 5.73 Å². The van der Waals surface area contributed by atoms with Crippen LogP contribution in [0.1, 0.15) is 26.2 Å². The molecule has 2 fully saturated rings. The molecule has 2 rings (SSSR count). The summed E-state index contributed by atoms with van der Waals surface area (Å²) >= 11 is 0. The summed E-state index contributed by atoms with van der Waals surface area (Å²) in [5.74, 6) is 0.445. The smallest absolute Gasteiger partial charge is 0.217 e. The summed E-state index contributed by atoms with van der Waals surface area (Å²) in [4.78, 5) is 0.